The number of fused-ring (bicyclic) bond motifs is 1. The molecule has 1 N–H and O–H groups in total. The number of imidazole rings is 1. The molecule has 3 aromatic heterocycles. The molecule has 29 heavy (non-hydrogen) atoms. The maximum atomic E-state index is 12.4. The standard InChI is InChI=1S/C19H25N7O3/c1-19(2,3)17-20-9-12(10-21-17)23-13(27)7-6-8-26-11-22-15-14(26)16(28)25(5)18(29)24(15)4/h9-11H,6-8H2,1-5H3,(H,23,27). The van der Waals surface area contributed by atoms with Gasteiger partial charge in [0.2, 0.25) is 5.91 Å². The lowest BCUT2D eigenvalue weighted by Gasteiger charge is -2.16. The predicted octanol–water partition coefficient (Wildman–Crippen LogP) is 0.940. The highest BCUT2D eigenvalue weighted by Crippen LogP contribution is 2.18. The number of carbonyl (C=O) groups is 1. The smallest absolute Gasteiger partial charge is 0.325 e. The lowest BCUT2D eigenvalue weighted by molar-refractivity contribution is -0.116. The summed E-state index contributed by atoms with van der Waals surface area (Å²) in [5, 5.41) is 2.77. The van der Waals surface area contributed by atoms with E-state index in [1.807, 2.05) is 20.8 Å². The van der Waals surface area contributed by atoms with Gasteiger partial charge in [0.25, 0.3) is 5.56 Å². The normalized spacial score (nSPS) is 11.8. The molecular weight excluding hydrogens is 374 g/mol. The molecule has 0 unspecified atom stereocenters. The Morgan fingerprint density at radius 2 is 1.72 bits per heavy atom. The first-order valence-electron chi connectivity index (χ1n) is 9.33. The number of aryl methyl sites for hydroxylation is 2. The van der Waals surface area contributed by atoms with E-state index < -0.39 is 11.2 Å². The molecule has 0 fully saturated rings. The minimum Gasteiger partial charge on any atom is -0.325 e. The van der Waals surface area contributed by atoms with E-state index in [0.29, 0.717) is 35.6 Å². The van der Waals surface area contributed by atoms with Crippen molar-refractivity contribution < 1.29 is 4.79 Å². The molecular formula is C19H25N7O3. The molecule has 0 spiro atoms. The van der Waals surface area contributed by atoms with E-state index in [2.05, 4.69) is 20.3 Å². The number of anilines is 1. The second kappa shape index (κ2) is 7.61. The van der Waals surface area contributed by atoms with Crippen LogP contribution in [-0.4, -0.2) is 34.6 Å². The van der Waals surface area contributed by atoms with Crippen molar-refractivity contribution in [2.45, 2.75) is 45.6 Å². The van der Waals surface area contributed by atoms with Gasteiger partial charge in [0.15, 0.2) is 11.2 Å². The number of hydrogen-bond acceptors (Lipinski definition) is 6. The molecule has 154 valence electrons. The maximum absolute atomic E-state index is 12.4. The number of nitrogens with one attached hydrogen (secondary N) is 1. The third-order valence-corrected chi connectivity index (χ3v) is 4.63. The first-order chi connectivity index (χ1) is 13.6. The Morgan fingerprint density at radius 1 is 1.07 bits per heavy atom. The summed E-state index contributed by atoms with van der Waals surface area (Å²) in [5.41, 5.74) is 0.240. The average Bonchev–Trinajstić information content (AvgIpc) is 3.08. The van der Waals surface area contributed by atoms with Crippen molar-refractivity contribution in [3.05, 3.63) is 45.4 Å². The molecule has 0 bridgehead atoms. The molecule has 3 heterocycles. The summed E-state index contributed by atoms with van der Waals surface area (Å²) < 4.78 is 4.06. The van der Waals surface area contributed by atoms with Gasteiger partial charge >= 0.3 is 5.69 Å². The number of hydrogen-bond donors (Lipinski definition) is 1. The zero-order valence-electron chi connectivity index (χ0n) is 17.3. The van der Waals surface area contributed by atoms with Crippen LogP contribution in [0.15, 0.2) is 28.3 Å². The molecule has 0 radical (unpaired) electrons. The Kier molecular flexibility index (Phi) is 5.36. The lowest BCUT2D eigenvalue weighted by atomic mass is 9.96. The summed E-state index contributed by atoms with van der Waals surface area (Å²) >= 11 is 0. The molecule has 3 rings (SSSR count). The maximum Gasteiger partial charge on any atom is 0.332 e. The van der Waals surface area contributed by atoms with Crippen LogP contribution in [0.1, 0.15) is 39.4 Å². The highest BCUT2D eigenvalue weighted by Gasteiger charge is 2.17. The number of aromatic nitrogens is 6. The Hall–Kier alpha value is -3.30. The van der Waals surface area contributed by atoms with Gasteiger partial charge in [-0.05, 0) is 6.42 Å². The third kappa shape index (κ3) is 4.10. The van der Waals surface area contributed by atoms with E-state index in [1.54, 1.807) is 24.0 Å². The van der Waals surface area contributed by atoms with Crippen LogP contribution in [0.2, 0.25) is 0 Å². The summed E-state index contributed by atoms with van der Waals surface area (Å²) in [4.78, 5) is 49.3. The van der Waals surface area contributed by atoms with Gasteiger partial charge in [-0.25, -0.2) is 19.7 Å². The van der Waals surface area contributed by atoms with Crippen molar-refractivity contribution >= 4 is 22.8 Å². The van der Waals surface area contributed by atoms with Crippen molar-refractivity contribution in [1.29, 1.82) is 0 Å². The Balaban J connectivity index is 1.64. The number of rotatable bonds is 5. The third-order valence-electron chi connectivity index (χ3n) is 4.63. The van der Waals surface area contributed by atoms with Crippen molar-refractivity contribution in [2.75, 3.05) is 5.32 Å². The molecule has 0 aromatic carbocycles. The summed E-state index contributed by atoms with van der Waals surface area (Å²) in [7, 11) is 3.00. The Bertz CT molecular complexity index is 1160. The fourth-order valence-corrected chi connectivity index (χ4v) is 2.98. The van der Waals surface area contributed by atoms with Gasteiger partial charge in [-0.1, -0.05) is 20.8 Å². The van der Waals surface area contributed by atoms with Gasteiger partial charge < -0.3 is 9.88 Å². The van der Waals surface area contributed by atoms with Crippen LogP contribution in [0, 0.1) is 0 Å². The highest BCUT2D eigenvalue weighted by molar-refractivity contribution is 5.90. The summed E-state index contributed by atoms with van der Waals surface area (Å²) in [6.07, 6.45) is 5.47. The van der Waals surface area contributed by atoms with Gasteiger partial charge in [-0.15, -0.1) is 0 Å². The van der Waals surface area contributed by atoms with Crippen LogP contribution in [0.25, 0.3) is 11.2 Å². The van der Waals surface area contributed by atoms with Gasteiger partial charge in [0, 0.05) is 32.5 Å². The molecule has 0 aliphatic heterocycles. The van der Waals surface area contributed by atoms with Crippen LogP contribution >= 0.6 is 0 Å². The first kappa shape index (κ1) is 20.4. The number of carbonyl (C=O) groups excluding carboxylic acids is 1. The van der Waals surface area contributed by atoms with Gasteiger partial charge in [-0.2, -0.15) is 0 Å². The van der Waals surface area contributed by atoms with Crippen LogP contribution in [0.4, 0.5) is 5.69 Å². The van der Waals surface area contributed by atoms with E-state index in [4.69, 9.17) is 0 Å². The molecule has 10 nitrogen and oxygen atoms in total. The second-order valence-electron chi connectivity index (χ2n) is 8.01. The average molecular weight is 399 g/mol. The SMILES string of the molecule is Cn1c(=O)c2c(ncn2CCCC(=O)Nc2cnc(C(C)(C)C)nc2)n(C)c1=O. The fourth-order valence-electron chi connectivity index (χ4n) is 2.98. The summed E-state index contributed by atoms with van der Waals surface area (Å²) in [5.74, 6) is 0.542. The van der Waals surface area contributed by atoms with Crippen LogP contribution in [0.3, 0.4) is 0 Å². The van der Waals surface area contributed by atoms with E-state index in [0.717, 1.165) is 4.57 Å². The Labute approximate surface area is 167 Å². The Morgan fingerprint density at radius 3 is 2.34 bits per heavy atom. The van der Waals surface area contributed by atoms with E-state index in [1.165, 1.54) is 17.9 Å². The largest absolute Gasteiger partial charge is 0.332 e. The van der Waals surface area contributed by atoms with Crippen molar-refractivity contribution in [3.63, 3.8) is 0 Å². The van der Waals surface area contributed by atoms with Gasteiger partial charge in [-0.3, -0.25) is 18.7 Å². The molecule has 0 saturated carbocycles. The van der Waals surface area contributed by atoms with Crippen molar-refractivity contribution in [1.82, 2.24) is 28.7 Å². The number of amides is 1. The van der Waals surface area contributed by atoms with Crippen LogP contribution in [0.5, 0.6) is 0 Å². The lowest BCUT2D eigenvalue weighted by Crippen LogP contribution is -2.37. The molecule has 0 atom stereocenters. The quantitative estimate of drug-likeness (QED) is 0.682. The summed E-state index contributed by atoms with van der Waals surface area (Å²) in [6, 6.07) is 0. The molecule has 1 amide bonds. The monoisotopic (exact) mass is 399 g/mol. The minimum atomic E-state index is -0.424. The first-order valence-corrected chi connectivity index (χ1v) is 9.33. The topological polar surface area (TPSA) is 117 Å². The number of nitrogens with zero attached hydrogens (tertiary/aromatic N) is 6. The molecule has 0 saturated heterocycles. The summed E-state index contributed by atoms with van der Waals surface area (Å²) in [6.45, 7) is 6.49. The highest BCUT2D eigenvalue weighted by atomic mass is 16.2. The van der Waals surface area contributed by atoms with Crippen molar-refractivity contribution in [3.8, 4) is 0 Å². The van der Waals surface area contributed by atoms with Crippen LogP contribution < -0.4 is 16.6 Å². The molecule has 0 aliphatic carbocycles. The van der Waals surface area contributed by atoms with E-state index in [9.17, 15) is 14.4 Å². The molecule has 3 aromatic rings. The van der Waals surface area contributed by atoms with Gasteiger partial charge in [0.05, 0.1) is 24.4 Å². The van der Waals surface area contributed by atoms with Crippen LogP contribution in [-0.2, 0) is 30.8 Å². The molecule has 0 aliphatic rings. The molecule has 10 heteroatoms. The van der Waals surface area contributed by atoms with E-state index in [-0.39, 0.29) is 17.7 Å². The second-order valence-corrected chi connectivity index (χ2v) is 8.01. The van der Waals surface area contributed by atoms with Gasteiger partial charge in [0.1, 0.15) is 5.82 Å². The fraction of sp³-hybridized carbons (Fsp3) is 0.474. The predicted molar refractivity (Wildman–Crippen MR) is 109 cm³/mol. The minimum absolute atomic E-state index is 0.156. The van der Waals surface area contributed by atoms with E-state index >= 15 is 0 Å². The zero-order valence-corrected chi connectivity index (χ0v) is 17.3. The van der Waals surface area contributed by atoms with Crippen molar-refractivity contribution in [2.24, 2.45) is 14.1 Å². The zero-order chi connectivity index (χ0) is 21.3.